The van der Waals surface area contributed by atoms with E-state index in [1.807, 2.05) is 38.1 Å². The Labute approximate surface area is 160 Å². The Bertz CT molecular complexity index is 754. The lowest BCUT2D eigenvalue weighted by Gasteiger charge is -2.21. The predicted molar refractivity (Wildman–Crippen MR) is 105 cm³/mol. The van der Waals surface area contributed by atoms with Crippen molar-refractivity contribution in [3.8, 4) is 5.75 Å². The topological polar surface area (TPSA) is 71.5 Å². The van der Waals surface area contributed by atoms with Crippen molar-refractivity contribution in [1.82, 2.24) is 15.2 Å². The number of rotatable bonds is 9. The summed E-state index contributed by atoms with van der Waals surface area (Å²) < 4.78 is 5.12. The first kappa shape index (κ1) is 20.4. The van der Waals surface area contributed by atoms with E-state index in [1.165, 1.54) is 12.4 Å². The highest BCUT2D eigenvalue weighted by Gasteiger charge is 2.16. The van der Waals surface area contributed by atoms with Crippen LogP contribution in [0.25, 0.3) is 0 Å². The summed E-state index contributed by atoms with van der Waals surface area (Å²) in [7, 11) is 1.61. The molecule has 2 amide bonds. The van der Waals surface area contributed by atoms with Gasteiger partial charge in [0, 0.05) is 32.0 Å². The quantitative estimate of drug-likeness (QED) is 0.736. The summed E-state index contributed by atoms with van der Waals surface area (Å²) in [6, 6.07) is 9.09. The molecule has 6 nitrogen and oxygen atoms in total. The van der Waals surface area contributed by atoms with E-state index in [2.05, 4.69) is 10.3 Å². The summed E-state index contributed by atoms with van der Waals surface area (Å²) in [5, 5.41) is 2.85. The minimum absolute atomic E-state index is 0.0870. The van der Waals surface area contributed by atoms with Gasteiger partial charge in [-0.2, -0.15) is 0 Å². The number of pyridine rings is 1. The summed E-state index contributed by atoms with van der Waals surface area (Å²) in [5.74, 6) is 0.422. The third kappa shape index (κ3) is 5.81. The number of methoxy groups -OCH3 is 1. The number of benzene rings is 1. The zero-order valence-corrected chi connectivity index (χ0v) is 16.2. The minimum atomic E-state index is -0.259. The molecule has 0 radical (unpaired) electrons. The zero-order valence-electron chi connectivity index (χ0n) is 16.2. The van der Waals surface area contributed by atoms with E-state index in [9.17, 15) is 9.59 Å². The molecule has 0 aliphatic heterocycles. The van der Waals surface area contributed by atoms with Gasteiger partial charge in [-0.15, -0.1) is 0 Å². The normalized spacial score (nSPS) is 10.3. The van der Waals surface area contributed by atoms with Crippen molar-refractivity contribution >= 4 is 11.8 Å². The number of amides is 2. The van der Waals surface area contributed by atoms with Crippen molar-refractivity contribution in [3.05, 3.63) is 59.4 Å². The molecule has 1 aromatic carbocycles. The SMILES string of the molecule is CCCN(CCC)C(=O)c1cncc(C(=O)NCc2ccc(OC)cc2)c1. The Morgan fingerprint density at radius 3 is 2.26 bits per heavy atom. The molecular weight excluding hydrogens is 342 g/mol. The van der Waals surface area contributed by atoms with E-state index in [1.54, 1.807) is 18.1 Å². The van der Waals surface area contributed by atoms with E-state index < -0.39 is 0 Å². The molecule has 1 N–H and O–H groups in total. The monoisotopic (exact) mass is 369 g/mol. The van der Waals surface area contributed by atoms with E-state index in [0.29, 0.717) is 30.8 Å². The van der Waals surface area contributed by atoms with Gasteiger partial charge in [0.05, 0.1) is 18.2 Å². The number of aromatic nitrogens is 1. The predicted octanol–water partition coefficient (Wildman–Crippen LogP) is 3.28. The summed E-state index contributed by atoms with van der Waals surface area (Å²) >= 11 is 0. The molecule has 0 saturated carbocycles. The maximum Gasteiger partial charge on any atom is 0.255 e. The number of carbonyl (C=O) groups excluding carboxylic acids is 2. The third-order valence-corrected chi connectivity index (χ3v) is 4.13. The van der Waals surface area contributed by atoms with Crippen molar-refractivity contribution in [1.29, 1.82) is 0 Å². The van der Waals surface area contributed by atoms with Crippen LogP contribution < -0.4 is 10.1 Å². The van der Waals surface area contributed by atoms with Gasteiger partial charge < -0.3 is 15.0 Å². The molecule has 0 aliphatic rings. The molecule has 0 fully saturated rings. The second kappa shape index (κ2) is 10.3. The van der Waals surface area contributed by atoms with Gasteiger partial charge in [0.1, 0.15) is 5.75 Å². The van der Waals surface area contributed by atoms with Crippen LogP contribution in [0.2, 0.25) is 0 Å². The molecular formula is C21H27N3O3. The van der Waals surface area contributed by atoms with E-state index in [-0.39, 0.29) is 11.8 Å². The first-order valence-corrected chi connectivity index (χ1v) is 9.24. The maximum absolute atomic E-state index is 12.7. The molecule has 27 heavy (non-hydrogen) atoms. The van der Waals surface area contributed by atoms with Gasteiger partial charge in [0.15, 0.2) is 0 Å². The van der Waals surface area contributed by atoms with Crippen molar-refractivity contribution in [2.24, 2.45) is 0 Å². The van der Waals surface area contributed by atoms with Crippen LogP contribution in [0, 0.1) is 0 Å². The van der Waals surface area contributed by atoms with E-state index in [4.69, 9.17) is 4.74 Å². The fourth-order valence-corrected chi connectivity index (χ4v) is 2.75. The number of ether oxygens (including phenoxy) is 1. The molecule has 1 heterocycles. The lowest BCUT2D eigenvalue weighted by molar-refractivity contribution is 0.0755. The Morgan fingerprint density at radius 1 is 1.04 bits per heavy atom. The van der Waals surface area contributed by atoms with Crippen LogP contribution in [0.15, 0.2) is 42.7 Å². The number of hydrogen-bond donors (Lipinski definition) is 1. The Balaban J connectivity index is 2.04. The molecule has 0 spiro atoms. The van der Waals surface area contributed by atoms with Gasteiger partial charge in [-0.1, -0.05) is 26.0 Å². The number of hydrogen-bond acceptors (Lipinski definition) is 4. The first-order valence-electron chi connectivity index (χ1n) is 9.24. The average Bonchev–Trinajstić information content (AvgIpc) is 2.71. The fourth-order valence-electron chi connectivity index (χ4n) is 2.75. The van der Waals surface area contributed by atoms with Gasteiger partial charge in [-0.25, -0.2) is 0 Å². The Hall–Kier alpha value is -2.89. The summed E-state index contributed by atoms with van der Waals surface area (Å²) in [5.41, 5.74) is 1.78. The van der Waals surface area contributed by atoms with Crippen LogP contribution in [-0.4, -0.2) is 41.9 Å². The first-order chi connectivity index (χ1) is 13.1. The maximum atomic E-state index is 12.7. The van der Waals surface area contributed by atoms with Crippen LogP contribution in [0.1, 0.15) is 53.0 Å². The molecule has 0 saturated heterocycles. The third-order valence-electron chi connectivity index (χ3n) is 4.13. The van der Waals surface area contributed by atoms with Gasteiger partial charge in [-0.05, 0) is 36.6 Å². The lowest BCUT2D eigenvalue weighted by Crippen LogP contribution is -2.33. The lowest BCUT2D eigenvalue weighted by atomic mass is 10.1. The van der Waals surface area contributed by atoms with Gasteiger partial charge in [0.2, 0.25) is 0 Å². The Morgan fingerprint density at radius 2 is 1.67 bits per heavy atom. The van der Waals surface area contributed by atoms with Crippen molar-refractivity contribution < 1.29 is 14.3 Å². The highest BCUT2D eigenvalue weighted by atomic mass is 16.5. The molecule has 144 valence electrons. The second-order valence-corrected chi connectivity index (χ2v) is 6.29. The van der Waals surface area contributed by atoms with Crippen LogP contribution >= 0.6 is 0 Å². The van der Waals surface area contributed by atoms with Gasteiger partial charge in [0.25, 0.3) is 11.8 Å². The molecule has 0 atom stereocenters. The molecule has 6 heteroatoms. The molecule has 0 aliphatic carbocycles. The standard InChI is InChI=1S/C21H27N3O3/c1-4-10-24(11-5-2)21(26)18-12-17(14-22-15-18)20(25)23-13-16-6-8-19(27-3)9-7-16/h6-9,12,14-15H,4-5,10-11,13H2,1-3H3,(H,23,25). The molecule has 2 aromatic rings. The molecule has 0 unspecified atom stereocenters. The zero-order chi connectivity index (χ0) is 19.6. The highest BCUT2D eigenvalue weighted by Crippen LogP contribution is 2.12. The van der Waals surface area contributed by atoms with Crippen molar-refractivity contribution in [2.75, 3.05) is 20.2 Å². The average molecular weight is 369 g/mol. The summed E-state index contributed by atoms with van der Waals surface area (Å²) in [6.45, 7) is 5.86. The van der Waals surface area contributed by atoms with Gasteiger partial charge in [-0.3, -0.25) is 14.6 Å². The Kier molecular flexibility index (Phi) is 7.79. The second-order valence-electron chi connectivity index (χ2n) is 6.29. The number of nitrogens with one attached hydrogen (secondary N) is 1. The number of carbonyl (C=O) groups is 2. The van der Waals surface area contributed by atoms with Crippen LogP contribution in [-0.2, 0) is 6.54 Å². The summed E-state index contributed by atoms with van der Waals surface area (Å²) in [4.78, 5) is 31.0. The van der Waals surface area contributed by atoms with Crippen LogP contribution in [0.5, 0.6) is 5.75 Å². The van der Waals surface area contributed by atoms with Gasteiger partial charge >= 0.3 is 0 Å². The van der Waals surface area contributed by atoms with Crippen LogP contribution in [0.4, 0.5) is 0 Å². The minimum Gasteiger partial charge on any atom is -0.497 e. The van der Waals surface area contributed by atoms with E-state index >= 15 is 0 Å². The summed E-state index contributed by atoms with van der Waals surface area (Å²) in [6.07, 6.45) is 4.77. The molecule has 0 bridgehead atoms. The smallest absolute Gasteiger partial charge is 0.255 e. The molecule has 2 rings (SSSR count). The molecule has 1 aromatic heterocycles. The largest absolute Gasteiger partial charge is 0.497 e. The number of nitrogens with zero attached hydrogens (tertiary/aromatic N) is 2. The van der Waals surface area contributed by atoms with E-state index in [0.717, 1.165) is 24.2 Å². The highest BCUT2D eigenvalue weighted by molar-refractivity contribution is 5.99. The fraction of sp³-hybridized carbons (Fsp3) is 0.381. The van der Waals surface area contributed by atoms with Crippen LogP contribution in [0.3, 0.4) is 0 Å². The van der Waals surface area contributed by atoms with Crippen molar-refractivity contribution in [2.45, 2.75) is 33.2 Å². The van der Waals surface area contributed by atoms with Crippen molar-refractivity contribution in [3.63, 3.8) is 0 Å².